The van der Waals surface area contributed by atoms with Gasteiger partial charge in [-0.3, -0.25) is 24.0 Å². The van der Waals surface area contributed by atoms with Crippen molar-refractivity contribution in [2.24, 2.45) is 0 Å². The van der Waals surface area contributed by atoms with Crippen molar-refractivity contribution in [1.29, 1.82) is 0 Å². The van der Waals surface area contributed by atoms with Crippen molar-refractivity contribution in [1.82, 2.24) is 0 Å². The van der Waals surface area contributed by atoms with E-state index in [1.165, 1.54) is 26.8 Å². The minimum Gasteiger partial charge on any atom is -0.461 e. The third kappa shape index (κ3) is 12.3. The number of ether oxygens (including phenoxy) is 5. The lowest BCUT2D eigenvalue weighted by atomic mass is 10.0. The van der Waals surface area contributed by atoms with Crippen LogP contribution in [0.3, 0.4) is 0 Å². The molecule has 1 fully saturated rings. The van der Waals surface area contributed by atoms with Gasteiger partial charge in [-0.2, -0.15) is 0 Å². The van der Waals surface area contributed by atoms with Crippen molar-refractivity contribution in [3.8, 4) is 0 Å². The number of carbonyl (C=O) groups excluding carboxylic acids is 5. The highest BCUT2D eigenvalue weighted by atomic mass is 35.5. The number of rotatable bonds is 10. The monoisotopic (exact) mass is 610 g/mol. The van der Waals surface area contributed by atoms with E-state index in [0.717, 1.165) is 0 Å². The summed E-state index contributed by atoms with van der Waals surface area (Å²) in [5.74, 6) is -2.68. The molecule has 0 aliphatic carbocycles. The number of hydrogen-bond donors (Lipinski definition) is 1. The third-order valence-corrected chi connectivity index (χ3v) is 6.92. The number of aliphatic hydroxyl groups excluding tert-OH is 1. The molecule has 0 saturated carbocycles. The number of Topliss-reactive ketones (excluding diaryl/α,β-unsaturated/α-hetero) is 1. The summed E-state index contributed by atoms with van der Waals surface area (Å²) in [5, 5.41) is 11.4. The first-order valence-electron chi connectivity index (χ1n) is 13.6. The summed E-state index contributed by atoms with van der Waals surface area (Å²) in [4.78, 5) is 59.5. The smallest absolute Gasteiger partial charge is 0.310 e. The highest BCUT2D eigenvalue weighted by molar-refractivity contribution is 6.29. The number of aliphatic hydroxyl groups is 1. The minimum atomic E-state index is -1.12. The number of ketones is 1. The van der Waals surface area contributed by atoms with Crippen LogP contribution in [0.15, 0.2) is 46.6 Å². The van der Waals surface area contributed by atoms with Crippen molar-refractivity contribution in [3.63, 3.8) is 0 Å². The zero-order chi connectivity index (χ0) is 31.4. The van der Waals surface area contributed by atoms with Crippen molar-refractivity contribution in [2.45, 2.75) is 96.7 Å². The summed E-state index contributed by atoms with van der Waals surface area (Å²) in [6, 6.07) is 0. The third-order valence-electron chi connectivity index (χ3n) is 6.58. The fourth-order valence-electron chi connectivity index (χ4n) is 4.36. The molecule has 0 bridgehead atoms. The van der Waals surface area contributed by atoms with Gasteiger partial charge in [0.15, 0.2) is 5.78 Å². The van der Waals surface area contributed by atoms with E-state index >= 15 is 0 Å². The molecule has 42 heavy (non-hydrogen) atoms. The predicted molar refractivity (Wildman–Crippen MR) is 151 cm³/mol. The Morgan fingerprint density at radius 1 is 1.12 bits per heavy atom. The fraction of sp³-hybridized carbons (Fsp3) is 0.567. The highest BCUT2D eigenvalue weighted by Gasteiger charge is 2.41. The van der Waals surface area contributed by atoms with Crippen molar-refractivity contribution < 1.29 is 52.8 Å². The van der Waals surface area contributed by atoms with E-state index in [1.807, 2.05) is 0 Å². The summed E-state index contributed by atoms with van der Waals surface area (Å²) in [7, 11) is 0. The lowest BCUT2D eigenvalue weighted by Gasteiger charge is -2.22. The molecular formula is C30H39ClO11. The maximum absolute atomic E-state index is 13.0. The van der Waals surface area contributed by atoms with Crippen LogP contribution < -0.4 is 0 Å². The Morgan fingerprint density at radius 2 is 1.83 bits per heavy atom. The molecule has 5 atom stereocenters. The molecule has 12 heteroatoms. The van der Waals surface area contributed by atoms with Crippen LogP contribution in [0.1, 0.15) is 66.2 Å². The fourth-order valence-corrected chi connectivity index (χ4v) is 4.56. The summed E-state index contributed by atoms with van der Waals surface area (Å²) >= 11 is 6.42. The second-order valence-corrected chi connectivity index (χ2v) is 10.8. The molecule has 0 radical (unpaired) electrons. The number of allylic oxidation sites excluding steroid dienone is 3. The lowest BCUT2D eigenvalue weighted by molar-refractivity contribution is -0.157. The van der Waals surface area contributed by atoms with Gasteiger partial charge in [0.1, 0.15) is 25.4 Å². The SMILES string of the molecule is C=C(COC(=O)C/C(C)=C/[C@@H](O)[C@@H]1C[C@@H]2OC(=O)C[C@@H](OC(C)=O)/C(COC(C)=O)=C\C/C=C(\Cl)CC[C@H]2O1)C(C)=O. The molecule has 2 aliphatic rings. The second kappa shape index (κ2) is 17.0. The van der Waals surface area contributed by atoms with Gasteiger partial charge in [0.25, 0.3) is 0 Å². The molecule has 0 aromatic carbocycles. The molecule has 2 aliphatic heterocycles. The molecule has 0 aromatic heterocycles. The van der Waals surface area contributed by atoms with E-state index in [-0.39, 0.29) is 43.8 Å². The van der Waals surface area contributed by atoms with Crippen LogP contribution >= 0.6 is 11.6 Å². The molecule has 0 spiro atoms. The zero-order valence-corrected chi connectivity index (χ0v) is 25.1. The molecule has 0 unspecified atom stereocenters. The Balaban J connectivity index is 2.14. The molecule has 11 nitrogen and oxygen atoms in total. The van der Waals surface area contributed by atoms with Gasteiger partial charge in [0, 0.05) is 36.4 Å². The van der Waals surface area contributed by atoms with E-state index in [1.54, 1.807) is 19.1 Å². The van der Waals surface area contributed by atoms with Gasteiger partial charge in [0.05, 0.1) is 31.2 Å². The van der Waals surface area contributed by atoms with Gasteiger partial charge in [-0.05, 0) is 33.1 Å². The van der Waals surface area contributed by atoms with E-state index < -0.39 is 54.4 Å². The summed E-state index contributed by atoms with van der Waals surface area (Å²) in [6.07, 6.45) is 1.63. The summed E-state index contributed by atoms with van der Waals surface area (Å²) < 4.78 is 27.3. The van der Waals surface area contributed by atoms with Gasteiger partial charge >= 0.3 is 23.9 Å². The van der Waals surface area contributed by atoms with Crippen LogP contribution in [-0.2, 0) is 47.7 Å². The second-order valence-electron chi connectivity index (χ2n) is 10.3. The molecule has 1 N–H and O–H groups in total. The van der Waals surface area contributed by atoms with Crippen molar-refractivity contribution in [2.75, 3.05) is 13.2 Å². The van der Waals surface area contributed by atoms with Crippen molar-refractivity contribution in [3.05, 3.63) is 46.6 Å². The number of carbonyl (C=O) groups is 5. The van der Waals surface area contributed by atoms with Crippen LogP contribution in [0.2, 0.25) is 0 Å². The van der Waals surface area contributed by atoms with E-state index in [0.29, 0.717) is 35.4 Å². The van der Waals surface area contributed by atoms with Crippen LogP contribution in [0.4, 0.5) is 0 Å². The molecule has 0 amide bonds. The number of hydrogen-bond acceptors (Lipinski definition) is 11. The lowest BCUT2D eigenvalue weighted by Crippen LogP contribution is -2.31. The Morgan fingerprint density at radius 3 is 2.48 bits per heavy atom. The standard InChI is InChI=1S/C30H39ClO11/c1-17(12-29(36)39-15-18(2)19(3)32)11-24(35)27-13-28-25(41-27)10-9-23(31)8-6-7-22(16-38-20(4)33)26(40-21(5)34)14-30(37)42-28/h7-8,11,24-28,35H,2,6,9-10,12-16H2,1,3-5H3/b17-11+,22-7-,23-8-/t24-,25-,26-,27+,28+/m1/s1. The Bertz CT molecular complexity index is 1140. The van der Waals surface area contributed by atoms with Gasteiger partial charge in [0.2, 0.25) is 0 Å². The highest BCUT2D eigenvalue weighted by Crippen LogP contribution is 2.32. The van der Waals surface area contributed by atoms with Gasteiger partial charge < -0.3 is 28.8 Å². The van der Waals surface area contributed by atoms with Crippen LogP contribution in [0, 0.1) is 0 Å². The summed E-state index contributed by atoms with van der Waals surface area (Å²) in [6.45, 7) is 8.57. The van der Waals surface area contributed by atoms with Crippen LogP contribution in [0.25, 0.3) is 0 Å². The van der Waals surface area contributed by atoms with E-state index in [9.17, 15) is 29.1 Å². The number of esters is 4. The molecular weight excluding hydrogens is 572 g/mol. The maximum Gasteiger partial charge on any atom is 0.310 e. The zero-order valence-electron chi connectivity index (χ0n) is 24.4. The average Bonchev–Trinajstić information content (AvgIpc) is 3.29. The maximum atomic E-state index is 13.0. The minimum absolute atomic E-state index is 0.113. The van der Waals surface area contributed by atoms with Crippen LogP contribution in [0.5, 0.6) is 0 Å². The molecule has 2 heterocycles. The van der Waals surface area contributed by atoms with Gasteiger partial charge in [-0.15, -0.1) is 0 Å². The normalized spacial score (nSPS) is 26.7. The largest absolute Gasteiger partial charge is 0.461 e. The molecule has 232 valence electrons. The van der Waals surface area contributed by atoms with E-state index in [4.69, 9.17) is 35.3 Å². The molecule has 1 saturated heterocycles. The summed E-state index contributed by atoms with van der Waals surface area (Å²) in [5.41, 5.74) is 1.10. The van der Waals surface area contributed by atoms with Crippen LogP contribution in [-0.4, -0.2) is 78.5 Å². The first-order chi connectivity index (χ1) is 19.7. The molecule has 0 aromatic rings. The van der Waals surface area contributed by atoms with Gasteiger partial charge in [-0.25, -0.2) is 0 Å². The predicted octanol–water partition coefficient (Wildman–Crippen LogP) is 3.56. The van der Waals surface area contributed by atoms with E-state index in [2.05, 4.69) is 6.58 Å². The first-order valence-corrected chi connectivity index (χ1v) is 14.0. The Hall–Kier alpha value is -3.28. The first kappa shape index (κ1) is 34.9. The topological polar surface area (TPSA) is 152 Å². The molecule has 2 rings (SSSR count). The van der Waals surface area contributed by atoms with Crippen molar-refractivity contribution >= 4 is 41.3 Å². The van der Waals surface area contributed by atoms with Gasteiger partial charge in [-0.1, -0.05) is 42.0 Å². The quantitative estimate of drug-likeness (QED) is 0.167. The Kier molecular flexibility index (Phi) is 14.1. The number of fused-ring (bicyclic) bond motifs is 1. The Labute approximate surface area is 250 Å². The number of halogens is 1. The average molecular weight is 611 g/mol.